The van der Waals surface area contributed by atoms with Gasteiger partial charge in [0.1, 0.15) is 0 Å². The molecule has 3 rings (SSSR count). The molecular formula is C22H36IN3O2. The van der Waals surface area contributed by atoms with E-state index >= 15 is 0 Å². The molecule has 3 unspecified atom stereocenters. The SMILES string of the molecule is CN=C(NCCCOCC1CCOC1)NC1CC1c1ccc(C(C)C)cc1.I. The number of hydrogen-bond donors (Lipinski definition) is 2. The minimum absolute atomic E-state index is 0. The summed E-state index contributed by atoms with van der Waals surface area (Å²) < 4.78 is 11.1. The molecule has 1 aliphatic heterocycles. The molecule has 0 aromatic heterocycles. The van der Waals surface area contributed by atoms with Gasteiger partial charge < -0.3 is 20.1 Å². The number of benzene rings is 1. The fourth-order valence-electron chi connectivity index (χ4n) is 3.57. The fraction of sp³-hybridized carbons (Fsp3) is 0.682. The van der Waals surface area contributed by atoms with Crippen LogP contribution in [0, 0.1) is 5.92 Å². The van der Waals surface area contributed by atoms with Crippen LogP contribution >= 0.6 is 24.0 Å². The highest BCUT2D eigenvalue weighted by atomic mass is 127. The number of hydrogen-bond acceptors (Lipinski definition) is 3. The molecule has 5 nitrogen and oxygen atoms in total. The van der Waals surface area contributed by atoms with Crippen LogP contribution in [-0.2, 0) is 9.47 Å². The highest BCUT2D eigenvalue weighted by Gasteiger charge is 2.38. The first-order valence-corrected chi connectivity index (χ1v) is 10.4. The summed E-state index contributed by atoms with van der Waals surface area (Å²) in [5, 5.41) is 6.94. The Morgan fingerprint density at radius 3 is 2.71 bits per heavy atom. The molecule has 6 heteroatoms. The van der Waals surface area contributed by atoms with E-state index in [-0.39, 0.29) is 24.0 Å². The summed E-state index contributed by atoms with van der Waals surface area (Å²) in [6.07, 6.45) is 3.30. The van der Waals surface area contributed by atoms with Crippen LogP contribution in [0.2, 0.25) is 0 Å². The second-order valence-corrected chi connectivity index (χ2v) is 8.07. The van der Waals surface area contributed by atoms with Crippen LogP contribution < -0.4 is 10.6 Å². The first kappa shape index (κ1) is 23.4. The third kappa shape index (κ3) is 7.19. The van der Waals surface area contributed by atoms with E-state index < -0.39 is 0 Å². The lowest BCUT2D eigenvalue weighted by molar-refractivity contribution is 0.0888. The van der Waals surface area contributed by atoms with E-state index in [0.717, 1.165) is 51.8 Å². The van der Waals surface area contributed by atoms with Gasteiger partial charge in [-0.15, -0.1) is 24.0 Å². The minimum Gasteiger partial charge on any atom is -0.381 e. The molecule has 1 saturated heterocycles. The Morgan fingerprint density at radius 1 is 1.29 bits per heavy atom. The van der Waals surface area contributed by atoms with Gasteiger partial charge in [0.15, 0.2) is 5.96 Å². The maximum atomic E-state index is 5.75. The second-order valence-electron chi connectivity index (χ2n) is 8.07. The molecule has 3 atom stereocenters. The van der Waals surface area contributed by atoms with Crippen molar-refractivity contribution in [3.63, 3.8) is 0 Å². The maximum Gasteiger partial charge on any atom is 0.191 e. The van der Waals surface area contributed by atoms with Gasteiger partial charge in [-0.05, 0) is 36.3 Å². The number of ether oxygens (including phenoxy) is 2. The Bertz CT molecular complexity index is 600. The molecule has 0 bridgehead atoms. The van der Waals surface area contributed by atoms with E-state index in [1.165, 1.54) is 17.5 Å². The Balaban J connectivity index is 0.00000280. The van der Waals surface area contributed by atoms with E-state index in [1.54, 1.807) is 0 Å². The molecule has 1 aromatic carbocycles. The zero-order valence-corrected chi connectivity index (χ0v) is 19.8. The third-order valence-corrected chi connectivity index (χ3v) is 5.50. The molecule has 0 radical (unpaired) electrons. The lowest BCUT2D eigenvalue weighted by atomic mass is 10.0. The molecule has 1 aliphatic carbocycles. The van der Waals surface area contributed by atoms with Gasteiger partial charge in [0.2, 0.25) is 0 Å². The van der Waals surface area contributed by atoms with Gasteiger partial charge in [-0.25, -0.2) is 0 Å². The van der Waals surface area contributed by atoms with Crippen LogP contribution in [-0.4, -0.2) is 52.0 Å². The van der Waals surface area contributed by atoms with Gasteiger partial charge >= 0.3 is 0 Å². The van der Waals surface area contributed by atoms with Crippen molar-refractivity contribution in [1.82, 2.24) is 10.6 Å². The summed E-state index contributed by atoms with van der Waals surface area (Å²) in [5.74, 6) is 2.67. The van der Waals surface area contributed by atoms with Crippen LogP contribution in [0.1, 0.15) is 56.1 Å². The predicted octanol–water partition coefficient (Wildman–Crippen LogP) is 3.89. The Hall–Kier alpha value is -0.860. The molecule has 158 valence electrons. The zero-order valence-electron chi connectivity index (χ0n) is 17.4. The number of nitrogens with one attached hydrogen (secondary N) is 2. The van der Waals surface area contributed by atoms with Crippen LogP contribution in [0.15, 0.2) is 29.3 Å². The van der Waals surface area contributed by atoms with Crippen LogP contribution in [0.25, 0.3) is 0 Å². The molecule has 0 spiro atoms. The monoisotopic (exact) mass is 501 g/mol. The summed E-state index contributed by atoms with van der Waals surface area (Å²) >= 11 is 0. The van der Waals surface area contributed by atoms with Crippen molar-refractivity contribution < 1.29 is 9.47 Å². The van der Waals surface area contributed by atoms with Crippen LogP contribution in [0.4, 0.5) is 0 Å². The topological polar surface area (TPSA) is 54.9 Å². The molecule has 28 heavy (non-hydrogen) atoms. The summed E-state index contributed by atoms with van der Waals surface area (Å²) in [5.41, 5.74) is 2.83. The van der Waals surface area contributed by atoms with E-state index in [0.29, 0.717) is 23.8 Å². The van der Waals surface area contributed by atoms with Crippen molar-refractivity contribution in [3.8, 4) is 0 Å². The van der Waals surface area contributed by atoms with Crippen molar-refractivity contribution in [2.24, 2.45) is 10.9 Å². The second kappa shape index (κ2) is 12.0. The van der Waals surface area contributed by atoms with E-state index in [4.69, 9.17) is 9.47 Å². The Labute approximate surface area is 187 Å². The highest BCUT2D eigenvalue weighted by Crippen LogP contribution is 2.41. The van der Waals surface area contributed by atoms with Crippen molar-refractivity contribution in [1.29, 1.82) is 0 Å². The summed E-state index contributed by atoms with van der Waals surface area (Å²) in [7, 11) is 1.83. The molecule has 0 amide bonds. The van der Waals surface area contributed by atoms with Gasteiger partial charge in [-0.3, -0.25) is 4.99 Å². The fourth-order valence-corrected chi connectivity index (χ4v) is 3.57. The lowest BCUT2D eigenvalue weighted by Crippen LogP contribution is -2.39. The number of nitrogens with zero attached hydrogens (tertiary/aromatic N) is 1. The van der Waals surface area contributed by atoms with Crippen molar-refractivity contribution in [2.75, 3.05) is 40.0 Å². The molecule has 1 heterocycles. The molecule has 1 aromatic rings. The summed E-state index contributed by atoms with van der Waals surface area (Å²) in [6, 6.07) is 9.58. The summed E-state index contributed by atoms with van der Waals surface area (Å²) in [6.45, 7) is 8.71. The van der Waals surface area contributed by atoms with Crippen molar-refractivity contribution in [3.05, 3.63) is 35.4 Å². The molecule has 2 aliphatic rings. The Morgan fingerprint density at radius 2 is 2.07 bits per heavy atom. The average molecular weight is 501 g/mol. The third-order valence-electron chi connectivity index (χ3n) is 5.50. The average Bonchev–Trinajstić information content (AvgIpc) is 3.25. The van der Waals surface area contributed by atoms with Crippen LogP contribution in [0.3, 0.4) is 0 Å². The first-order valence-electron chi connectivity index (χ1n) is 10.4. The maximum absolute atomic E-state index is 5.75. The molecule has 1 saturated carbocycles. The van der Waals surface area contributed by atoms with E-state index in [1.807, 2.05) is 7.05 Å². The normalized spacial score (nSPS) is 24.1. The number of rotatable bonds is 9. The number of guanidine groups is 1. The van der Waals surface area contributed by atoms with Gasteiger partial charge in [-0.2, -0.15) is 0 Å². The first-order chi connectivity index (χ1) is 13.2. The predicted molar refractivity (Wildman–Crippen MR) is 126 cm³/mol. The van der Waals surface area contributed by atoms with Gasteiger partial charge in [0, 0.05) is 44.7 Å². The minimum atomic E-state index is 0. The summed E-state index contributed by atoms with van der Waals surface area (Å²) in [4.78, 5) is 4.35. The number of aliphatic imine (C=N–C) groups is 1. The molecule has 2 fully saturated rings. The Kier molecular flexibility index (Phi) is 10.0. The van der Waals surface area contributed by atoms with E-state index in [9.17, 15) is 0 Å². The van der Waals surface area contributed by atoms with E-state index in [2.05, 4.69) is 53.7 Å². The molecule has 2 N–H and O–H groups in total. The lowest BCUT2D eigenvalue weighted by Gasteiger charge is -2.13. The standard InChI is InChI=1S/C22H35N3O2.HI/c1-16(2)18-5-7-19(8-6-18)20-13-21(20)25-22(23-3)24-10-4-11-26-14-17-9-12-27-15-17;/h5-8,16-17,20-21H,4,9-15H2,1-3H3,(H2,23,24,25);1H. The van der Waals surface area contributed by atoms with Crippen LogP contribution in [0.5, 0.6) is 0 Å². The number of halogens is 1. The quantitative estimate of drug-likeness (QED) is 0.233. The van der Waals surface area contributed by atoms with Gasteiger partial charge in [0.05, 0.1) is 13.2 Å². The van der Waals surface area contributed by atoms with Crippen molar-refractivity contribution >= 4 is 29.9 Å². The molecular weight excluding hydrogens is 465 g/mol. The van der Waals surface area contributed by atoms with Crippen molar-refractivity contribution in [2.45, 2.75) is 51.0 Å². The van der Waals surface area contributed by atoms with Gasteiger partial charge in [-0.1, -0.05) is 38.1 Å². The van der Waals surface area contributed by atoms with Gasteiger partial charge in [0.25, 0.3) is 0 Å². The smallest absolute Gasteiger partial charge is 0.191 e. The zero-order chi connectivity index (χ0) is 19.1. The largest absolute Gasteiger partial charge is 0.381 e. The highest BCUT2D eigenvalue weighted by molar-refractivity contribution is 14.0.